The van der Waals surface area contributed by atoms with Gasteiger partial charge in [-0.3, -0.25) is 0 Å². The van der Waals surface area contributed by atoms with Crippen molar-refractivity contribution in [3.8, 4) is 0 Å². The van der Waals surface area contributed by atoms with E-state index in [2.05, 4.69) is 113 Å². The summed E-state index contributed by atoms with van der Waals surface area (Å²) < 4.78 is 0. The molecule has 0 aliphatic rings. The molecular weight excluding hydrogens is 416 g/mol. The van der Waals surface area contributed by atoms with Crippen molar-refractivity contribution in [2.24, 2.45) is 5.92 Å². The Bertz CT molecular complexity index is 1050. The van der Waals surface area contributed by atoms with E-state index in [-0.39, 0.29) is 11.9 Å². The highest BCUT2D eigenvalue weighted by molar-refractivity contribution is 5.91. The molecule has 0 bridgehead atoms. The third kappa shape index (κ3) is 6.62. The van der Waals surface area contributed by atoms with Crippen molar-refractivity contribution < 1.29 is 4.79 Å². The first-order valence-electron chi connectivity index (χ1n) is 12.9. The SMILES string of the molecule is CC(C)CCCC(CNC(=O)Nc1c(C(C)C)cccc1C(C)C)c1cccc2ccccc12. The summed E-state index contributed by atoms with van der Waals surface area (Å²) in [4.78, 5) is 13.1. The Morgan fingerprint density at radius 1 is 0.735 bits per heavy atom. The molecule has 1 unspecified atom stereocenters. The maximum absolute atomic E-state index is 13.1. The summed E-state index contributed by atoms with van der Waals surface area (Å²) in [6, 6.07) is 21.3. The van der Waals surface area contributed by atoms with E-state index in [0.29, 0.717) is 24.3 Å². The summed E-state index contributed by atoms with van der Waals surface area (Å²) in [5.41, 5.74) is 4.66. The molecule has 0 aliphatic carbocycles. The standard InChI is InChI=1S/C31H42N2O/c1-21(2)12-9-15-25(29-19-10-14-24-13-7-8-16-28(24)29)20-32-31(34)33-30-26(22(3)4)17-11-18-27(30)23(5)6/h7-8,10-11,13-14,16-19,21-23,25H,9,12,15,20H2,1-6H3,(H2,32,33,34). The molecule has 182 valence electrons. The molecule has 0 radical (unpaired) electrons. The highest BCUT2D eigenvalue weighted by Crippen LogP contribution is 2.33. The molecule has 0 fully saturated rings. The minimum Gasteiger partial charge on any atom is -0.337 e. The zero-order valence-electron chi connectivity index (χ0n) is 21.8. The normalized spacial score (nSPS) is 12.5. The lowest BCUT2D eigenvalue weighted by Crippen LogP contribution is -2.33. The second-order valence-corrected chi connectivity index (χ2v) is 10.5. The van der Waals surface area contributed by atoms with Crippen LogP contribution >= 0.6 is 0 Å². The van der Waals surface area contributed by atoms with E-state index in [1.807, 2.05) is 0 Å². The summed E-state index contributed by atoms with van der Waals surface area (Å²) in [5.74, 6) is 1.65. The molecule has 3 aromatic carbocycles. The van der Waals surface area contributed by atoms with Crippen LogP contribution in [0, 0.1) is 5.92 Å². The summed E-state index contributed by atoms with van der Waals surface area (Å²) in [6.07, 6.45) is 3.42. The van der Waals surface area contributed by atoms with Crippen molar-refractivity contribution in [1.82, 2.24) is 5.32 Å². The number of nitrogens with one attached hydrogen (secondary N) is 2. The topological polar surface area (TPSA) is 41.1 Å². The van der Waals surface area contributed by atoms with Gasteiger partial charge in [0.1, 0.15) is 0 Å². The average Bonchev–Trinajstić information content (AvgIpc) is 2.80. The molecule has 3 nitrogen and oxygen atoms in total. The third-order valence-corrected chi connectivity index (χ3v) is 6.72. The Balaban J connectivity index is 1.80. The molecule has 2 N–H and O–H groups in total. The van der Waals surface area contributed by atoms with Gasteiger partial charge in [-0.25, -0.2) is 4.79 Å². The number of hydrogen-bond acceptors (Lipinski definition) is 1. The predicted octanol–water partition coefficient (Wildman–Crippen LogP) is 8.82. The van der Waals surface area contributed by atoms with Gasteiger partial charge in [0.25, 0.3) is 0 Å². The van der Waals surface area contributed by atoms with Gasteiger partial charge in [0.15, 0.2) is 0 Å². The van der Waals surface area contributed by atoms with Gasteiger partial charge < -0.3 is 10.6 Å². The van der Waals surface area contributed by atoms with Crippen LogP contribution < -0.4 is 10.6 Å². The van der Waals surface area contributed by atoms with E-state index >= 15 is 0 Å². The van der Waals surface area contributed by atoms with Gasteiger partial charge in [0, 0.05) is 18.2 Å². The van der Waals surface area contributed by atoms with Crippen LogP contribution in [-0.2, 0) is 0 Å². The first kappa shape index (κ1) is 25.8. The third-order valence-electron chi connectivity index (χ3n) is 6.72. The zero-order valence-corrected chi connectivity index (χ0v) is 21.8. The lowest BCUT2D eigenvalue weighted by Gasteiger charge is -2.23. The van der Waals surface area contributed by atoms with E-state index in [4.69, 9.17) is 0 Å². The molecule has 2 amide bonds. The molecule has 0 saturated carbocycles. The summed E-state index contributed by atoms with van der Waals surface area (Å²) in [7, 11) is 0. The van der Waals surface area contributed by atoms with Gasteiger partial charge in [0.05, 0.1) is 0 Å². The summed E-state index contributed by atoms with van der Waals surface area (Å²) in [5, 5.41) is 8.97. The van der Waals surface area contributed by atoms with Crippen molar-refractivity contribution in [2.45, 2.75) is 78.6 Å². The molecule has 3 aromatic rings. The van der Waals surface area contributed by atoms with Gasteiger partial charge in [-0.05, 0) is 51.6 Å². The number of amides is 2. The minimum atomic E-state index is -0.121. The number of urea groups is 1. The Hall–Kier alpha value is -2.81. The van der Waals surface area contributed by atoms with E-state index in [1.165, 1.54) is 33.9 Å². The van der Waals surface area contributed by atoms with Gasteiger partial charge in [0.2, 0.25) is 0 Å². The van der Waals surface area contributed by atoms with Crippen molar-refractivity contribution in [3.63, 3.8) is 0 Å². The van der Waals surface area contributed by atoms with Crippen molar-refractivity contribution >= 4 is 22.5 Å². The van der Waals surface area contributed by atoms with Crippen LogP contribution in [0.5, 0.6) is 0 Å². The highest BCUT2D eigenvalue weighted by Gasteiger charge is 2.19. The quantitative estimate of drug-likeness (QED) is 0.313. The number of rotatable bonds is 10. The van der Waals surface area contributed by atoms with Crippen LogP contribution in [0.3, 0.4) is 0 Å². The van der Waals surface area contributed by atoms with Crippen LogP contribution in [0.4, 0.5) is 10.5 Å². The van der Waals surface area contributed by atoms with E-state index in [1.54, 1.807) is 0 Å². The van der Waals surface area contributed by atoms with Gasteiger partial charge in [-0.1, -0.05) is 115 Å². The lowest BCUT2D eigenvalue weighted by molar-refractivity contribution is 0.251. The maximum atomic E-state index is 13.1. The largest absolute Gasteiger partial charge is 0.337 e. The van der Waals surface area contributed by atoms with Crippen molar-refractivity contribution in [3.05, 3.63) is 77.4 Å². The minimum absolute atomic E-state index is 0.121. The van der Waals surface area contributed by atoms with Crippen LogP contribution in [0.2, 0.25) is 0 Å². The number of carbonyl (C=O) groups excluding carboxylic acids is 1. The average molecular weight is 459 g/mol. The molecule has 3 rings (SSSR count). The Kier molecular flexibility index (Phi) is 9.15. The first-order chi connectivity index (χ1) is 16.3. The number of benzene rings is 3. The Labute approximate surface area is 206 Å². The van der Waals surface area contributed by atoms with E-state index in [9.17, 15) is 4.79 Å². The zero-order chi connectivity index (χ0) is 24.7. The van der Waals surface area contributed by atoms with Gasteiger partial charge in [-0.15, -0.1) is 0 Å². The molecule has 0 aliphatic heterocycles. The second kappa shape index (κ2) is 12.1. The monoisotopic (exact) mass is 458 g/mol. The van der Waals surface area contributed by atoms with E-state index < -0.39 is 0 Å². The molecule has 0 saturated heterocycles. The maximum Gasteiger partial charge on any atom is 0.319 e. The van der Waals surface area contributed by atoms with Crippen molar-refractivity contribution in [2.75, 3.05) is 11.9 Å². The molecule has 0 spiro atoms. The molecular formula is C31H42N2O. The molecule has 0 aromatic heterocycles. The summed E-state index contributed by atoms with van der Waals surface area (Å²) >= 11 is 0. The smallest absolute Gasteiger partial charge is 0.319 e. The fraction of sp³-hybridized carbons (Fsp3) is 0.452. The van der Waals surface area contributed by atoms with Crippen LogP contribution in [0.1, 0.15) is 95.2 Å². The fourth-order valence-corrected chi connectivity index (χ4v) is 4.82. The van der Waals surface area contributed by atoms with Crippen LogP contribution in [0.15, 0.2) is 60.7 Å². The first-order valence-corrected chi connectivity index (χ1v) is 12.9. The van der Waals surface area contributed by atoms with Crippen molar-refractivity contribution in [1.29, 1.82) is 0 Å². The number of para-hydroxylation sites is 1. The Morgan fingerprint density at radius 3 is 1.97 bits per heavy atom. The Morgan fingerprint density at radius 2 is 1.32 bits per heavy atom. The lowest BCUT2D eigenvalue weighted by atomic mass is 9.88. The molecule has 34 heavy (non-hydrogen) atoms. The number of carbonyl (C=O) groups is 1. The van der Waals surface area contributed by atoms with Crippen LogP contribution in [0.25, 0.3) is 10.8 Å². The highest BCUT2D eigenvalue weighted by atomic mass is 16.2. The van der Waals surface area contributed by atoms with Crippen LogP contribution in [-0.4, -0.2) is 12.6 Å². The van der Waals surface area contributed by atoms with Gasteiger partial charge >= 0.3 is 6.03 Å². The molecule has 3 heteroatoms. The molecule has 1 atom stereocenters. The number of anilines is 1. The van der Waals surface area contributed by atoms with E-state index in [0.717, 1.165) is 18.5 Å². The number of fused-ring (bicyclic) bond motifs is 1. The summed E-state index contributed by atoms with van der Waals surface area (Å²) in [6.45, 7) is 13.9. The molecule has 0 heterocycles. The fourth-order valence-electron chi connectivity index (χ4n) is 4.82. The van der Waals surface area contributed by atoms with Gasteiger partial charge in [-0.2, -0.15) is 0 Å². The number of hydrogen-bond donors (Lipinski definition) is 2. The second-order valence-electron chi connectivity index (χ2n) is 10.5. The predicted molar refractivity (Wildman–Crippen MR) is 147 cm³/mol.